The first-order valence-corrected chi connectivity index (χ1v) is 8.80. The molecule has 0 aliphatic heterocycles. The van der Waals surface area contributed by atoms with Crippen molar-refractivity contribution in [1.29, 1.82) is 0 Å². The Morgan fingerprint density at radius 2 is 1.25 bits per heavy atom. The molecule has 0 aliphatic rings. The van der Waals surface area contributed by atoms with Crippen LogP contribution in [0.3, 0.4) is 0 Å². The Kier molecular flexibility index (Phi) is 13.1. The van der Waals surface area contributed by atoms with Gasteiger partial charge in [0.2, 0.25) is 0 Å². The van der Waals surface area contributed by atoms with Gasteiger partial charge in [0.05, 0.1) is 5.92 Å². The van der Waals surface area contributed by atoms with E-state index in [0.717, 1.165) is 18.8 Å². The van der Waals surface area contributed by atoms with E-state index in [9.17, 15) is 4.79 Å². The van der Waals surface area contributed by atoms with Gasteiger partial charge >= 0.3 is 5.97 Å². The van der Waals surface area contributed by atoms with Crippen LogP contribution in [0, 0.1) is 11.8 Å². The Bertz CT molecular complexity index is 225. The van der Waals surface area contributed by atoms with Gasteiger partial charge in [-0.05, 0) is 12.3 Å². The molecule has 0 saturated carbocycles. The summed E-state index contributed by atoms with van der Waals surface area (Å²) in [6, 6.07) is 0. The van der Waals surface area contributed by atoms with E-state index in [4.69, 9.17) is 5.11 Å². The lowest BCUT2D eigenvalue weighted by molar-refractivity contribution is -0.141. The fraction of sp³-hybridized carbons (Fsp3) is 0.944. The first-order chi connectivity index (χ1) is 9.57. The van der Waals surface area contributed by atoms with Crippen molar-refractivity contribution in [2.45, 2.75) is 97.8 Å². The summed E-state index contributed by atoms with van der Waals surface area (Å²) in [5.41, 5.74) is 0. The summed E-state index contributed by atoms with van der Waals surface area (Å²) in [6.07, 6.45) is 15.3. The molecule has 0 spiro atoms. The fourth-order valence-corrected chi connectivity index (χ4v) is 2.76. The fourth-order valence-electron chi connectivity index (χ4n) is 2.76. The summed E-state index contributed by atoms with van der Waals surface area (Å²) < 4.78 is 0. The van der Waals surface area contributed by atoms with Crippen LogP contribution in [0.5, 0.6) is 0 Å². The molecule has 2 unspecified atom stereocenters. The zero-order valence-electron chi connectivity index (χ0n) is 14.0. The van der Waals surface area contributed by atoms with Crippen molar-refractivity contribution < 1.29 is 9.90 Å². The van der Waals surface area contributed by atoms with Crippen molar-refractivity contribution >= 4 is 5.97 Å². The lowest BCUT2D eigenvalue weighted by Gasteiger charge is -2.09. The van der Waals surface area contributed by atoms with E-state index >= 15 is 0 Å². The summed E-state index contributed by atoms with van der Waals surface area (Å²) in [7, 11) is 0. The van der Waals surface area contributed by atoms with E-state index < -0.39 is 5.97 Å². The third kappa shape index (κ3) is 12.5. The molecule has 2 heteroatoms. The molecule has 0 aliphatic carbocycles. The van der Waals surface area contributed by atoms with Gasteiger partial charge in [-0.3, -0.25) is 4.79 Å². The predicted octanol–water partition coefficient (Wildman–Crippen LogP) is 6.04. The van der Waals surface area contributed by atoms with Crippen LogP contribution in [-0.2, 0) is 4.79 Å². The molecule has 0 aromatic rings. The van der Waals surface area contributed by atoms with E-state index in [1.54, 1.807) is 0 Å². The first kappa shape index (κ1) is 19.5. The molecule has 1 N–H and O–H groups in total. The normalized spacial score (nSPS) is 14.2. The van der Waals surface area contributed by atoms with E-state index in [2.05, 4.69) is 13.8 Å². The summed E-state index contributed by atoms with van der Waals surface area (Å²) in [5.74, 6) is 0.0960. The van der Waals surface area contributed by atoms with Gasteiger partial charge in [-0.2, -0.15) is 0 Å². The highest BCUT2D eigenvalue weighted by molar-refractivity contribution is 5.69. The average molecular weight is 284 g/mol. The second kappa shape index (κ2) is 13.5. The lowest BCUT2D eigenvalue weighted by atomic mass is 9.97. The third-order valence-electron chi connectivity index (χ3n) is 4.29. The van der Waals surface area contributed by atoms with Crippen LogP contribution in [0.2, 0.25) is 0 Å². The Hall–Kier alpha value is -0.530. The van der Waals surface area contributed by atoms with Gasteiger partial charge in [-0.25, -0.2) is 0 Å². The van der Waals surface area contributed by atoms with Crippen molar-refractivity contribution in [3.8, 4) is 0 Å². The van der Waals surface area contributed by atoms with Gasteiger partial charge in [0.25, 0.3) is 0 Å². The molecule has 0 radical (unpaired) electrons. The van der Waals surface area contributed by atoms with E-state index in [-0.39, 0.29) is 5.92 Å². The lowest BCUT2D eigenvalue weighted by Crippen LogP contribution is -2.08. The first-order valence-electron chi connectivity index (χ1n) is 8.80. The summed E-state index contributed by atoms with van der Waals surface area (Å²) in [6.45, 7) is 6.46. The van der Waals surface area contributed by atoms with Gasteiger partial charge in [-0.1, -0.05) is 91.4 Å². The van der Waals surface area contributed by atoms with Crippen LogP contribution >= 0.6 is 0 Å². The van der Waals surface area contributed by atoms with Crippen molar-refractivity contribution in [1.82, 2.24) is 0 Å². The van der Waals surface area contributed by atoms with Crippen LogP contribution in [0.4, 0.5) is 0 Å². The standard InChI is InChI=1S/C18H36O2/c1-4-13-16(2)14-11-9-7-5-6-8-10-12-15-17(3)18(19)20/h16-17H,4-15H2,1-3H3,(H,19,20). The van der Waals surface area contributed by atoms with Crippen molar-refractivity contribution in [2.24, 2.45) is 11.8 Å². The zero-order valence-corrected chi connectivity index (χ0v) is 14.0. The maximum atomic E-state index is 10.7. The number of hydrogen-bond donors (Lipinski definition) is 1. The molecule has 2 nitrogen and oxygen atoms in total. The van der Waals surface area contributed by atoms with Gasteiger partial charge < -0.3 is 5.11 Å². The minimum absolute atomic E-state index is 0.167. The Morgan fingerprint density at radius 3 is 1.70 bits per heavy atom. The molecular formula is C18H36O2. The Labute approximate surface area is 126 Å². The number of aliphatic carboxylic acids is 1. The molecule has 120 valence electrons. The molecule has 0 rings (SSSR count). The highest BCUT2D eigenvalue weighted by atomic mass is 16.4. The van der Waals surface area contributed by atoms with Crippen molar-refractivity contribution in [2.75, 3.05) is 0 Å². The summed E-state index contributed by atoms with van der Waals surface area (Å²) in [4.78, 5) is 10.7. The second-order valence-corrected chi connectivity index (χ2v) is 6.54. The minimum Gasteiger partial charge on any atom is -0.481 e. The molecule has 0 saturated heterocycles. The number of rotatable bonds is 14. The molecule has 0 fully saturated rings. The Balaban J connectivity index is 3.15. The van der Waals surface area contributed by atoms with Gasteiger partial charge in [0.15, 0.2) is 0 Å². The molecular weight excluding hydrogens is 248 g/mol. The topological polar surface area (TPSA) is 37.3 Å². The molecule has 2 atom stereocenters. The number of carboxylic acid groups (broad SMARTS) is 1. The molecule has 0 heterocycles. The largest absolute Gasteiger partial charge is 0.481 e. The van der Waals surface area contributed by atoms with Crippen molar-refractivity contribution in [3.63, 3.8) is 0 Å². The molecule has 0 bridgehead atoms. The Morgan fingerprint density at radius 1 is 0.800 bits per heavy atom. The van der Waals surface area contributed by atoms with E-state index in [1.165, 1.54) is 64.2 Å². The number of unbranched alkanes of at least 4 members (excludes halogenated alkanes) is 7. The SMILES string of the molecule is CCCC(C)CCCCCCCCCCC(C)C(=O)O. The zero-order chi connectivity index (χ0) is 15.2. The average Bonchev–Trinajstić information content (AvgIpc) is 2.40. The maximum Gasteiger partial charge on any atom is 0.306 e. The van der Waals surface area contributed by atoms with Crippen molar-refractivity contribution in [3.05, 3.63) is 0 Å². The quantitative estimate of drug-likeness (QED) is 0.394. The minimum atomic E-state index is -0.651. The predicted molar refractivity (Wildman–Crippen MR) is 87.0 cm³/mol. The third-order valence-corrected chi connectivity index (χ3v) is 4.29. The molecule has 0 aromatic carbocycles. The summed E-state index contributed by atoms with van der Waals surface area (Å²) >= 11 is 0. The van der Waals surface area contributed by atoms with Gasteiger partial charge in [0, 0.05) is 0 Å². The molecule has 0 amide bonds. The van der Waals surface area contributed by atoms with Crippen LogP contribution in [0.15, 0.2) is 0 Å². The maximum absolute atomic E-state index is 10.7. The molecule has 0 aromatic heterocycles. The smallest absolute Gasteiger partial charge is 0.306 e. The van der Waals surface area contributed by atoms with Crippen LogP contribution < -0.4 is 0 Å². The highest BCUT2D eigenvalue weighted by Crippen LogP contribution is 2.17. The van der Waals surface area contributed by atoms with Gasteiger partial charge in [-0.15, -0.1) is 0 Å². The van der Waals surface area contributed by atoms with Gasteiger partial charge in [0.1, 0.15) is 0 Å². The number of carboxylic acids is 1. The molecule has 20 heavy (non-hydrogen) atoms. The van der Waals surface area contributed by atoms with Crippen LogP contribution in [-0.4, -0.2) is 11.1 Å². The van der Waals surface area contributed by atoms with Crippen LogP contribution in [0.25, 0.3) is 0 Å². The number of carbonyl (C=O) groups is 1. The van der Waals surface area contributed by atoms with E-state index in [1.807, 2.05) is 6.92 Å². The van der Waals surface area contributed by atoms with Crippen LogP contribution in [0.1, 0.15) is 97.8 Å². The highest BCUT2D eigenvalue weighted by Gasteiger charge is 2.09. The second-order valence-electron chi connectivity index (χ2n) is 6.54. The number of hydrogen-bond acceptors (Lipinski definition) is 1. The van der Waals surface area contributed by atoms with E-state index in [0.29, 0.717) is 0 Å². The monoisotopic (exact) mass is 284 g/mol. The summed E-state index contributed by atoms with van der Waals surface area (Å²) in [5, 5.41) is 8.78.